The third-order valence-electron chi connectivity index (χ3n) is 1.23. The summed E-state index contributed by atoms with van der Waals surface area (Å²) in [4.78, 5) is 9.95. The van der Waals surface area contributed by atoms with Gasteiger partial charge in [-0.15, -0.1) is 0 Å². The molecule has 1 aromatic rings. The normalized spacial score (nSPS) is 9.54. The van der Waals surface area contributed by atoms with Crippen molar-refractivity contribution >= 4 is 17.9 Å². The molecule has 1 aromatic heterocycles. The Labute approximate surface area is 79.0 Å². The number of aromatic nitrogens is 1. The Kier molecular flexibility index (Phi) is 3.39. The third-order valence-corrected chi connectivity index (χ3v) is 2.13. The van der Waals surface area contributed by atoms with E-state index >= 15 is 0 Å². The fraction of sp³-hybridized carbons (Fsp3) is 0.143. The molecule has 1 rings (SSSR count). The Morgan fingerprint density at radius 3 is 3.00 bits per heavy atom. The molecule has 0 aliphatic heterocycles. The van der Waals surface area contributed by atoms with Crippen molar-refractivity contribution in [1.82, 2.24) is 5.32 Å². The van der Waals surface area contributed by atoms with Gasteiger partial charge in [0.2, 0.25) is 0 Å². The van der Waals surface area contributed by atoms with Gasteiger partial charge in [-0.05, 0) is 17.8 Å². The summed E-state index contributed by atoms with van der Waals surface area (Å²) in [6, 6.07) is 4.91. The van der Waals surface area contributed by atoms with Crippen molar-refractivity contribution < 1.29 is 14.6 Å². The first-order valence-electron chi connectivity index (χ1n) is 3.46. The number of hydrogen-bond donors (Lipinski definition) is 1. The van der Waals surface area contributed by atoms with Crippen LogP contribution < -0.4 is 10.0 Å². The van der Waals surface area contributed by atoms with E-state index in [9.17, 15) is 15.1 Å². The number of carbonyl (C=O) groups excluding carboxylic acids is 1. The van der Waals surface area contributed by atoms with Crippen LogP contribution in [0.2, 0.25) is 0 Å². The minimum atomic E-state index is -1.35. The van der Waals surface area contributed by atoms with Crippen LogP contribution in [-0.4, -0.2) is 12.0 Å². The quantitative estimate of drug-likeness (QED) is 0.333. The Morgan fingerprint density at radius 2 is 2.38 bits per heavy atom. The first-order valence-corrected chi connectivity index (χ1v) is 4.44. The third kappa shape index (κ3) is 3.20. The van der Waals surface area contributed by atoms with Gasteiger partial charge in [0.05, 0.1) is 5.88 Å². The lowest BCUT2D eigenvalue weighted by Crippen LogP contribution is -2.29. The molecule has 0 aromatic carbocycles. The van der Waals surface area contributed by atoms with E-state index in [0.29, 0.717) is 9.76 Å². The summed E-state index contributed by atoms with van der Waals surface area (Å²) in [5.74, 6) is 0.106. The zero-order chi connectivity index (χ0) is 9.68. The number of nitrogens with zero attached hydrogens (tertiary/aromatic N) is 1. The van der Waals surface area contributed by atoms with Crippen molar-refractivity contribution in [3.05, 3.63) is 29.6 Å². The van der Waals surface area contributed by atoms with E-state index in [1.165, 1.54) is 6.20 Å². The van der Waals surface area contributed by atoms with E-state index in [-0.39, 0.29) is 5.88 Å². The van der Waals surface area contributed by atoms with Crippen molar-refractivity contribution in [2.45, 2.75) is 5.03 Å². The summed E-state index contributed by atoms with van der Waals surface area (Å²) in [7, 11) is 0. The highest BCUT2D eigenvalue weighted by atomic mass is 32.2. The smallest absolute Gasteiger partial charge is 0.451 e. The van der Waals surface area contributed by atoms with Gasteiger partial charge in [-0.1, -0.05) is 0 Å². The van der Waals surface area contributed by atoms with Crippen molar-refractivity contribution in [3.8, 4) is 0 Å². The van der Waals surface area contributed by atoms with Crippen LogP contribution in [0.1, 0.15) is 0 Å². The van der Waals surface area contributed by atoms with Crippen LogP contribution >= 0.6 is 11.8 Å². The van der Waals surface area contributed by atoms with Crippen LogP contribution in [0.3, 0.4) is 0 Å². The van der Waals surface area contributed by atoms with Gasteiger partial charge < -0.3 is 10.5 Å². The maximum Gasteiger partial charge on any atom is 0.451 e. The summed E-state index contributed by atoms with van der Waals surface area (Å²) >= 11 is 1.09. The zero-order valence-corrected chi connectivity index (χ0v) is 7.41. The van der Waals surface area contributed by atoms with Gasteiger partial charge in [-0.3, -0.25) is 0 Å². The van der Waals surface area contributed by atoms with Crippen LogP contribution in [-0.2, 0) is 5.11 Å². The summed E-state index contributed by atoms with van der Waals surface area (Å²) in [6.07, 6.45) is 0.00215. The number of carbonyl (C=O) groups is 1. The second-order valence-electron chi connectivity index (χ2n) is 2.12. The molecule has 5 nitrogen and oxygen atoms in total. The molecular weight excluding hydrogens is 192 g/mol. The molecule has 0 aliphatic carbocycles. The lowest BCUT2D eigenvalue weighted by Gasteiger charge is -2.01. The molecule has 0 unspecified atom stereocenters. The van der Waals surface area contributed by atoms with Gasteiger partial charge in [0, 0.05) is 12.1 Å². The summed E-state index contributed by atoms with van der Waals surface area (Å²) < 4.78 is 0.668. The van der Waals surface area contributed by atoms with Crippen LogP contribution in [0.25, 0.3) is 0 Å². The average molecular weight is 199 g/mol. The van der Waals surface area contributed by atoms with Gasteiger partial charge in [0.15, 0.2) is 6.20 Å². The highest BCUT2D eigenvalue weighted by molar-refractivity contribution is 7.99. The van der Waals surface area contributed by atoms with E-state index in [1.54, 1.807) is 18.2 Å². The summed E-state index contributed by atoms with van der Waals surface area (Å²) in [5, 5.41) is 23.4. The van der Waals surface area contributed by atoms with Gasteiger partial charge in [0.25, 0.3) is 5.03 Å². The number of amides is 1. The van der Waals surface area contributed by atoms with Gasteiger partial charge in [-0.25, -0.2) is 9.90 Å². The van der Waals surface area contributed by atoms with E-state index in [1.807, 2.05) is 5.32 Å². The van der Waals surface area contributed by atoms with Crippen molar-refractivity contribution in [2.75, 3.05) is 5.88 Å². The maximum atomic E-state index is 11.0. The Hall–Kier alpha value is -1.43. The Bertz CT molecular complexity index is 306. The van der Waals surface area contributed by atoms with E-state index in [4.69, 9.17) is 0 Å². The highest BCUT2D eigenvalue weighted by Crippen LogP contribution is 2.09. The van der Waals surface area contributed by atoms with E-state index in [2.05, 4.69) is 0 Å². The van der Waals surface area contributed by atoms with Crippen LogP contribution in [0.15, 0.2) is 29.4 Å². The standard InChI is InChI=1S/C7H7N2O3S/c10-7(11)8-5-13-6-3-1-2-4-9(6)12/h1-4,8H,5H2. The topological polar surface area (TPSA) is 75.9 Å². The first-order chi connectivity index (χ1) is 6.20. The molecule has 6 heteroatoms. The lowest BCUT2D eigenvalue weighted by atomic mass is 10.5. The van der Waals surface area contributed by atoms with Crippen molar-refractivity contribution in [2.24, 2.45) is 0 Å². The minimum absolute atomic E-state index is 0.106. The predicted octanol–water partition coefficient (Wildman–Crippen LogP) is 0.510. The molecule has 0 saturated heterocycles. The molecule has 1 heterocycles. The molecular formula is C7H7N2O3S. The number of nitrogens with one attached hydrogen (secondary N) is 1. The lowest BCUT2D eigenvalue weighted by molar-refractivity contribution is -0.645. The van der Waals surface area contributed by atoms with Gasteiger partial charge in [-0.2, -0.15) is 4.73 Å². The summed E-state index contributed by atoms with van der Waals surface area (Å²) in [6.45, 7) is 0. The Balaban J connectivity index is 2.45. The van der Waals surface area contributed by atoms with E-state index < -0.39 is 6.09 Å². The second-order valence-corrected chi connectivity index (χ2v) is 3.11. The first kappa shape index (κ1) is 9.66. The molecule has 1 N–H and O–H groups in total. The van der Waals surface area contributed by atoms with Crippen LogP contribution in [0, 0.1) is 5.21 Å². The maximum absolute atomic E-state index is 11.0. The number of pyridine rings is 1. The molecule has 1 amide bonds. The van der Waals surface area contributed by atoms with Gasteiger partial charge in [0.1, 0.15) is 0 Å². The van der Waals surface area contributed by atoms with E-state index in [0.717, 1.165) is 11.8 Å². The zero-order valence-electron chi connectivity index (χ0n) is 6.60. The van der Waals surface area contributed by atoms with Crippen LogP contribution in [0.4, 0.5) is 4.79 Å². The minimum Gasteiger partial charge on any atom is -0.618 e. The Morgan fingerprint density at radius 1 is 1.62 bits per heavy atom. The fourth-order valence-corrected chi connectivity index (χ4v) is 1.39. The fourth-order valence-electron chi connectivity index (χ4n) is 0.693. The van der Waals surface area contributed by atoms with Gasteiger partial charge >= 0.3 is 6.09 Å². The summed E-state index contributed by atoms with van der Waals surface area (Å²) in [5.41, 5.74) is 0. The highest BCUT2D eigenvalue weighted by Gasteiger charge is 2.04. The second kappa shape index (κ2) is 4.56. The predicted molar refractivity (Wildman–Crippen MR) is 45.3 cm³/mol. The molecule has 0 fully saturated rings. The number of thioether (sulfide) groups is 1. The molecule has 0 aliphatic rings. The largest absolute Gasteiger partial charge is 0.618 e. The molecule has 0 atom stereocenters. The number of rotatable bonds is 3. The monoisotopic (exact) mass is 199 g/mol. The van der Waals surface area contributed by atoms with Crippen LogP contribution in [0.5, 0.6) is 0 Å². The number of hydrogen-bond acceptors (Lipinski definition) is 3. The molecule has 13 heavy (non-hydrogen) atoms. The van der Waals surface area contributed by atoms with Crippen molar-refractivity contribution in [1.29, 1.82) is 0 Å². The SMILES string of the molecule is [O]C(=O)NCSc1cccc[n+]1[O-]. The molecule has 0 saturated carbocycles. The molecule has 1 radical (unpaired) electrons. The average Bonchev–Trinajstić information content (AvgIpc) is 2.08. The van der Waals surface area contributed by atoms with Crippen molar-refractivity contribution in [3.63, 3.8) is 0 Å². The molecule has 0 spiro atoms. The molecule has 0 bridgehead atoms. The molecule has 69 valence electrons.